The summed E-state index contributed by atoms with van der Waals surface area (Å²) in [6, 6.07) is 1.29. The number of amides is 1. The number of halogens is 2. The van der Waals surface area contributed by atoms with E-state index in [9.17, 15) is 13.7 Å². The Hall–Kier alpha value is -1.22. The maximum atomic E-state index is 13.1. The van der Waals surface area contributed by atoms with Gasteiger partial charge in [-0.3, -0.25) is 9.78 Å². The molecular formula is C12H11ClFN3O2S2. The largest absolute Gasteiger partial charge is 0.617 e. The third-order valence-corrected chi connectivity index (χ3v) is 4.59. The molecule has 0 saturated heterocycles. The summed E-state index contributed by atoms with van der Waals surface area (Å²) < 4.78 is 24.1. The third kappa shape index (κ3) is 4.63. The Kier molecular flexibility index (Phi) is 5.51. The van der Waals surface area contributed by atoms with E-state index in [1.54, 1.807) is 0 Å². The zero-order valence-electron chi connectivity index (χ0n) is 10.9. The van der Waals surface area contributed by atoms with Crippen LogP contribution < -0.4 is 5.32 Å². The molecule has 2 rings (SSSR count). The summed E-state index contributed by atoms with van der Waals surface area (Å²) >= 11 is 6.05. The molecule has 0 aliphatic heterocycles. The van der Waals surface area contributed by atoms with Crippen molar-refractivity contribution in [1.29, 1.82) is 0 Å². The monoisotopic (exact) mass is 347 g/mol. The van der Waals surface area contributed by atoms with Crippen molar-refractivity contribution in [2.75, 3.05) is 17.3 Å². The summed E-state index contributed by atoms with van der Waals surface area (Å²) in [6.07, 6.45) is 4.21. The van der Waals surface area contributed by atoms with Gasteiger partial charge in [0.1, 0.15) is 21.6 Å². The molecule has 2 heterocycles. The Morgan fingerprint density at radius 2 is 2.33 bits per heavy atom. The van der Waals surface area contributed by atoms with Crippen molar-refractivity contribution in [3.63, 3.8) is 0 Å². The van der Waals surface area contributed by atoms with Crippen LogP contribution in [0.4, 0.5) is 9.39 Å². The van der Waals surface area contributed by atoms with Gasteiger partial charge in [0.25, 0.3) is 0 Å². The van der Waals surface area contributed by atoms with E-state index in [2.05, 4.69) is 15.3 Å². The number of pyridine rings is 1. The highest BCUT2D eigenvalue weighted by molar-refractivity contribution is 7.90. The number of hydrogen-bond acceptors (Lipinski definition) is 5. The van der Waals surface area contributed by atoms with Crippen LogP contribution in [-0.2, 0) is 16.0 Å². The molecule has 0 aromatic carbocycles. The number of rotatable bonds is 5. The van der Waals surface area contributed by atoms with Crippen LogP contribution in [0, 0.1) is 5.82 Å². The van der Waals surface area contributed by atoms with Gasteiger partial charge in [-0.15, -0.1) is 0 Å². The Morgan fingerprint density at radius 3 is 3.00 bits per heavy atom. The second kappa shape index (κ2) is 7.17. The average molecular weight is 348 g/mol. The van der Waals surface area contributed by atoms with Gasteiger partial charge >= 0.3 is 0 Å². The van der Waals surface area contributed by atoms with Gasteiger partial charge in [-0.05, 0) is 6.07 Å². The van der Waals surface area contributed by atoms with E-state index in [0.717, 1.165) is 17.5 Å². The van der Waals surface area contributed by atoms with Gasteiger partial charge in [0.2, 0.25) is 5.91 Å². The van der Waals surface area contributed by atoms with Crippen LogP contribution in [0.3, 0.4) is 0 Å². The molecule has 1 N–H and O–H groups in total. The standard InChI is InChI=1S/C12H11ClFN3O2S2/c1-21(19)3-2-9(18)16-12-10(13)17-11(20-12)7-4-8(14)6-15-5-7/h4-6H,2-3H2,1H3,(H,16,18). The van der Waals surface area contributed by atoms with Crippen molar-refractivity contribution in [3.8, 4) is 10.6 Å². The predicted octanol–water partition coefficient (Wildman–Crippen LogP) is 2.70. The molecule has 5 nitrogen and oxygen atoms in total. The van der Waals surface area contributed by atoms with Gasteiger partial charge in [-0.1, -0.05) is 34.1 Å². The Labute approximate surface area is 132 Å². The average Bonchev–Trinajstić information content (AvgIpc) is 2.78. The number of aromatic nitrogens is 2. The Morgan fingerprint density at radius 1 is 1.57 bits per heavy atom. The molecule has 1 atom stereocenters. The zero-order valence-corrected chi connectivity index (χ0v) is 13.3. The molecule has 2 aromatic heterocycles. The second-order valence-electron chi connectivity index (χ2n) is 4.11. The Balaban J connectivity index is 2.11. The highest BCUT2D eigenvalue weighted by Crippen LogP contribution is 2.34. The van der Waals surface area contributed by atoms with Crippen LogP contribution >= 0.6 is 22.9 Å². The predicted molar refractivity (Wildman–Crippen MR) is 82.5 cm³/mol. The van der Waals surface area contributed by atoms with Gasteiger partial charge in [-0.25, -0.2) is 9.37 Å². The van der Waals surface area contributed by atoms with E-state index < -0.39 is 17.0 Å². The van der Waals surface area contributed by atoms with E-state index >= 15 is 0 Å². The molecule has 0 radical (unpaired) electrons. The number of carbonyl (C=O) groups is 1. The lowest BCUT2D eigenvalue weighted by Crippen LogP contribution is -2.16. The molecule has 0 aliphatic rings. The topological polar surface area (TPSA) is 77.9 Å². The van der Waals surface area contributed by atoms with Crippen molar-refractivity contribution >= 4 is 45.0 Å². The zero-order chi connectivity index (χ0) is 15.4. The minimum Gasteiger partial charge on any atom is -0.617 e. The van der Waals surface area contributed by atoms with Gasteiger partial charge in [0.05, 0.1) is 18.9 Å². The highest BCUT2D eigenvalue weighted by Gasteiger charge is 2.15. The molecule has 9 heteroatoms. The summed E-state index contributed by atoms with van der Waals surface area (Å²) in [6.45, 7) is 0. The number of hydrogen-bond donors (Lipinski definition) is 1. The molecule has 112 valence electrons. The van der Waals surface area contributed by atoms with Gasteiger partial charge in [0, 0.05) is 11.8 Å². The lowest BCUT2D eigenvalue weighted by atomic mass is 10.3. The van der Waals surface area contributed by atoms with E-state index in [1.165, 1.54) is 18.5 Å². The lowest BCUT2D eigenvalue weighted by molar-refractivity contribution is -0.115. The van der Waals surface area contributed by atoms with Crippen LogP contribution in [0.25, 0.3) is 10.6 Å². The molecule has 0 fully saturated rings. The fourth-order valence-electron chi connectivity index (χ4n) is 1.46. The van der Waals surface area contributed by atoms with Crippen molar-refractivity contribution in [2.45, 2.75) is 6.42 Å². The molecule has 0 saturated carbocycles. The number of thiazole rings is 1. The SMILES string of the molecule is C[S+]([O-])CCC(=O)Nc1sc(-c2cncc(F)c2)nc1Cl. The molecule has 0 aliphatic carbocycles. The van der Waals surface area contributed by atoms with Crippen LogP contribution in [0.15, 0.2) is 18.5 Å². The maximum Gasteiger partial charge on any atom is 0.229 e. The molecule has 21 heavy (non-hydrogen) atoms. The van der Waals surface area contributed by atoms with Crippen LogP contribution in [0.1, 0.15) is 6.42 Å². The van der Waals surface area contributed by atoms with E-state index in [-0.39, 0.29) is 23.2 Å². The number of nitrogens with zero attached hydrogens (tertiary/aromatic N) is 2. The lowest BCUT2D eigenvalue weighted by Gasteiger charge is -2.04. The molecule has 1 amide bonds. The third-order valence-electron chi connectivity index (χ3n) is 2.41. The summed E-state index contributed by atoms with van der Waals surface area (Å²) in [7, 11) is 0. The van der Waals surface area contributed by atoms with Crippen LogP contribution in [0.2, 0.25) is 5.15 Å². The summed E-state index contributed by atoms with van der Waals surface area (Å²) in [4.78, 5) is 19.5. The fraction of sp³-hybridized carbons (Fsp3) is 0.250. The quantitative estimate of drug-likeness (QED) is 0.843. The van der Waals surface area contributed by atoms with E-state index in [4.69, 9.17) is 11.6 Å². The number of anilines is 1. The molecule has 1 unspecified atom stereocenters. The van der Waals surface area contributed by atoms with Gasteiger partial charge in [0.15, 0.2) is 5.15 Å². The van der Waals surface area contributed by atoms with Gasteiger partial charge < -0.3 is 9.87 Å². The van der Waals surface area contributed by atoms with E-state index in [0.29, 0.717) is 15.6 Å². The first-order valence-electron chi connectivity index (χ1n) is 5.83. The van der Waals surface area contributed by atoms with Crippen molar-refractivity contribution in [3.05, 3.63) is 29.4 Å². The van der Waals surface area contributed by atoms with Gasteiger partial charge in [-0.2, -0.15) is 0 Å². The first kappa shape index (κ1) is 16.2. The normalized spacial score (nSPS) is 12.2. The summed E-state index contributed by atoms with van der Waals surface area (Å²) in [5, 5.41) is 3.57. The minimum atomic E-state index is -1.03. The first-order chi connectivity index (χ1) is 9.95. The smallest absolute Gasteiger partial charge is 0.229 e. The van der Waals surface area contributed by atoms with Crippen LogP contribution in [0.5, 0.6) is 0 Å². The van der Waals surface area contributed by atoms with Crippen molar-refractivity contribution in [1.82, 2.24) is 9.97 Å². The maximum absolute atomic E-state index is 13.1. The number of nitrogens with one attached hydrogen (secondary N) is 1. The number of carbonyl (C=O) groups excluding carboxylic acids is 1. The molecular weight excluding hydrogens is 337 g/mol. The molecule has 0 spiro atoms. The van der Waals surface area contributed by atoms with E-state index in [1.807, 2.05) is 0 Å². The first-order valence-corrected chi connectivity index (χ1v) is 8.75. The summed E-state index contributed by atoms with van der Waals surface area (Å²) in [5.41, 5.74) is 0.483. The molecule has 0 bridgehead atoms. The summed E-state index contributed by atoms with van der Waals surface area (Å²) in [5.74, 6) is -0.488. The highest BCUT2D eigenvalue weighted by atomic mass is 35.5. The van der Waals surface area contributed by atoms with Crippen LogP contribution in [-0.4, -0.2) is 32.4 Å². The minimum absolute atomic E-state index is 0.130. The second-order valence-corrected chi connectivity index (χ2v) is 7.02. The van der Waals surface area contributed by atoms with Crippen molar-refractivity contribution < 1.29 is 13.7 Å². The fourth-order valence-corrected chi connectivity index (χ4v) is 3.08. The van der Waals surface area contributed by atoms with Crippen molar-refractivity contribution in [2.24, 2.45) is 0 Å². The Bertz CT molecular complexity index is 651. The molecule has 2 aromatic rings.